The van der Waals surface area contributed by atoms with Gasteiger partial charge in [-0.2, -0.15) is 0 Å². The Kier molecular flexibility index (Phi) is 7.99. The average molecular weight is 534 g/mol. The largest absolute Gasteiger partial charge is 0.493 e. The quantitative estimate of drug-likeness (QED) is 0.181. The van der Waals surface area contributed by atoms with E-state index in [1.165, 1.54) is 25.0 Å². The molecule has 0 atom stereocenters. The van der Waals surface area contributed by atoms with Crippen LogP contribution in [0.25, 0.3) is 10.9 Å². The van der Waals surface area contributed by atoms with E-state index < -0.39 is 22.6 Å². The SMILES string of the molecule is COc1cc2ncnc(Nc3ccc(F)c(Cl)c3F)c2cc1OC1CCN(C(=O)/C=C/C(=O)NO)CC1. The molecule has 3 aromatic rings. The van der Waals surface area contributed by atoms with Crippen molar-refractivity contribution < 1.29 is 33.1 Å². The lowest BCUT2D eigenvalue weighted by Crippen LogP contribution is -2.41. The van der Waals surface area contributed by atoms with Gasteiger partial charge in [-0.05, 0) is 18.2 Å². The van der Waals surface area contributed by atoms with E-state index in [4.69, 9.17) is 26.3 Å². The molecule has 2 amide bonds. The normalized spacial score (nSPS) is 14.1. The van der Waals surface area contributed by atoms with E-state index in [1.54, 1.807) is 17.0 Å². The van der Waals surface area contributed by atoms with Crippen LogP contribution in [0.15, 0.2) is 42.7 Å². The van der Waals surface area contributed by atoms with Gasteiger partial charge in [0.2, 0.25) is 5.91 Å². The number of hydrogen-bond donors (Lipinski definition) is 3. The fraction of sp³-hybridized carbons (Fsp3) is 0.250. The first-order chi connectivity index (χ1) is 17.8. The van der Waals surface area contributed by atoms with Crippen molar-refractivity contribution in [2.45, 2.75) is 18.9 Å². The van der Waals surface area contributed by atoms with E-state index in [0.717, 1.165) is 18.2 Å². The second-order valence-corrected chi connectivity index (χ2v) is 8.42. The summed E-state index contributed by atoms with van der Waals surface area (Å²) in [5.74, 6) is -1.91. The lowest BCUT2D eigenvalue weighted by molar-refractivity contribution is -0.128. The summed E-state index contributed by atoms with van der Waals surface area (Å²) in [5.41, 5.74) is 1.86. The van der Waals surface area contributed by atoms with Crippen LogP contribution in [0, 0.1) is 11.6 Å². The first-order valence-corrected chi connectivity index (χ1v) is 11.5. The molecule has 0 radical (unpaired) electrons. The number of benzene rings is 2. The highest BCUT2D eigenvalue weighted by Crippen LogP contribution is 2.37. The van der Waals surface area contributed by atoms with Crippen molar-refractivity contribution >= 4 is 45.8 Å². The number of piperidine rings is 1. The number of hydrogen-bond acceptors (Lipinski definition) is 8. The van der Waals surface area contributed by atoms with E-state index in [-0.39, 0.29) is 23.5 Å². The summed E-state index contributed by atoms with van der Waals surface area (Å²) in [6.45, 7) is 0.788. The molecule has 4 rings (SSSR count). The third kappa shape index (κ3) is 5.87. The van der Waals surface area contributed by atoms with Crippen molar-refractivity contribution in [3.8, 4) is 11.5 Å². The van der Waals surface area contributed by atoms with Crippen LogP contribution in [-0.4, -0.2) is 58.2 Å². The number of ether oxygens (including phenoxy) is 2. The Morgan fingerprint density at radius 2 is 1.92 bits per heavy atom. The van der Waals surface area contributed by atoms with Crippen LogP contribution in [0.5, 0.6) is 11.5 Å². The number of methoxy groups -OCH3 is 1. The van der Waals surface area contributed by atoms with Crippen molar-refractivity contribution in [3.05, 3.63) is 59.4 Å². The number of nitrogens with one attached hydrogen (secondary N) is 2. The summed E-state index contributed by atoms with van der Waals surface area (Å²) < 4.78 is 39.7. The zero-order chi connectivity index (χ0) is 26.5. The summed E-state index contributed by atoms with van der Waals surface area (Å²) in [7, 11) is 1.49. The highest BCUT2D eigenvalue weighted by atomic mass is 35.5. The Balaban J connectivity index is 1.53. The van der Waals surface area contributed by atoms with E-state index in [0.29, 0.717) is 48.3 Å². The molecule has 37 heavy (non-hydrogen) atoms. The van der Waals surface area contributed by atoms with Crippen molar-refractivity contribution in [1.29, 1.82) is 0 Å². The Labute approximate surface area is 214 Å². The molecular weight excluding hydrogens is 512 g/mol. The van der Waals surface area contributed by atoms with Gasteiger partial charge in [0, 0.05) is 49.5 Å². The number of nitrogens with zero attached hydrogens (tertiary/aromatic N) is 3. The number of hydroxylamine groups is 1. The zero-order valence-corrected chi connectivity index (χ0v) is 20.3. The number of likely N-dealkylation sites (tertiary alicyclic amines) is 1. The van der Waals surface area contributed by atoms with Crippen molar-refractivity contribution in [1.82, 2.24) is 20.3 Å². The molecule has 10 nitrogen and oxygen atoms in total. The standard InChI is InChI=1S/C24H22ClF2N5O5/c1-36-18-11-17-14(24(29-12-28-17)30-16-3-2-15(26)22(25)23(16)27)10-19(18)37-13-6-8-32(9-7-13)21(34)5-4-20(33)31-35/h2-5,10-13,35H,6-9H2,1H3,(H,31,33)(H,28,29,30)/b5-4+. The molecule has 194 valence electrons. The molecule has 3 N–H and O–H groups in total. The molecule has 0 spiro atoms. The fourth-order valence-corrected chi connectivity index (χ4v) is 3.99. The summed E-state index contributed by atoms with van der Waals surface area (Å²) >= 11 is 5.69. The highest BCUT2D eigenvalue weighted by molar-refractivity contribution is 6.31. The third-order valence-corrected chi connectivity index (χ3v) is 6.09. The van der Waals surface area contributed by atoms with Crippen LogP contribution in [0.4, 0.5) is 20.3 Å². The summed E-state index contributed by atoms with van der Waals surface area (Å²) in [6.07, 6.45) is 4.12. The number of carbonyl (C=O) groups is 2. The fourth-order valence-electron chi connectivity index (χ4n) is 3.83. The topological polar surface area (TPSA) is 126 Å². The molecule has 0 unspecified atom stereocenters. The molecule has 1 aliphatic rings. The number of carbonyl (C=O) groups excluding carboxylic acids is 2. The Hall–Kier alpha value is -4.03. The molecule has 1 saturated heterocycles. The molecule has 2 heterocycles. The predicted molar refractivity (Wildman–Crippen MR) is 130 cm³/mol. The number of anilines is 2. The second-order valence-electron chi connectivity index (χ2n) is 8.04. The minimum atomic E-state index is -0.952. The van der Waals surface area contributed by atoms with Gasteiger partial charge in [0.1, 0.15) is 29.1 Å². The van der Waals surface area contributed by atoms with Gasteiger partial charge in [-0.15, -0.1) is 0 Å². The highest BCUT2D eigenvalue weighted by Gasteiger charge is 2.24. The van der Waals surface area contributed by atoms with Crippen LogP contribution < -0.4 is 20.3 Å². The van der Waals surface area contributed by atoms with E-state index in [1.807, 2.05) is 0 Å². The van der Waals surface area contributed by atoms with Gasteiger partial charge in [0.15, 0.2) is 17.3 Å². The maximum absolute atomic E-state index is 14.5. The summed E-state index contributed by atoms with van der Waals surface area (Å²) in [4.78, 5) is 33.3. The van der Waals surface area contributed by atoms with Gasteiger partial charge in [-0.25, -0.2) is 24.2 Å². The molecule has 13 heteroatoms. The van der Waals surface area contributed by atoms with E-state index >= 15 is 0 Å². The van der Waals surface area contributed by atoms with Gasteiger partial charge in [-0.3, -0.25) is 14.8 Å². The predicted octanol–water partition coefficient (Wildman–Crippen LogP) is 3.75. The summed E-state index contributed by atoms with van der Waals surface area (Å²) in [5, 5.41) is 11.2. The number of aromatic nitrogens is 2. The molecular formula is C24H22ClF2N5O5. The van der Waals surface area contributed by atoms with Crippen molar-refractivity contribution in [2.75, 3.05) is 25.5 Å². The molecule has 0 aliphatic carbocycles. The Morgan fingerprint density at radius 3 is 2.62 bits per heavy atom. The lowest BCUT2D eigenvalue weighted by atomic mass is 10.1. The van der Waals surface area contributed by atoms with Crippen LogP contribution in [0.1, 0.15) is 12.8 Å². The zero-order valence-electron chi connectivity index (χ0n) is 19.5. The van der Waals surface area contributed by atoms with Gasteiger partial charge in [-0.1, -0.05) is 11.6 Å². The molecule has 0 bridgehead atoms. The maximum atomic E-state index is 14.5. The smallest absolute Gasteiger partial charge is 0.267 e. The minimum absolute atomic E-state index is 0.0627. The number of halogens is 3. The first kappa shape index (κ1) is 26.0. The molecule has 2 aromatic carbocycles. The van der Waals surface area contributed by atoms with Gasteiger partial charge in [0.25, 0.3) is 5.91 Å². The van der Waals surface area contributed by atoms with Crippen LogP contribution in [-0.2, 0) is 9.59 Å². The monoisotopic (exact) mass is 533 g/mol. The molecule has 1 aromatic heterocycles. The van der Waals surface area contributed by atoms with Crippen molar-refractivity contribution in [2.24, 2.45) is 0 Å². The first-order valence-electron chi connectivity index (χ1n) is 11.1. The number of amides is 2. The molecule has 1 aliphatic heterocycles. The minimum Gasteiger partial charge on any atom is -0.493 e. The van der Waals surface area contributed by atoms with Crippen LogP contribution in [0.3, 0.4) is 0 Å². The van der Waals surface area contributed by atoms with E-state index in [2.05, 4.69) is 15.3 Å². The van der Waals surface area contributed by atoms with Gasteiger partial charge in [0.05, 0.1) is 18.3 Å². The summed E-state index contributed by atoms with van der Waals surface area (Å²) in [6, 6.07) is 5.57. The number of fused-ring (bicyclic) bond motifs is 1. The average Bonchev–Trinajstić information content (AvgIpc) is 2.92. The third-order valence-electron chi connectivity index (χ3n) is 5.74. The van der Waals surface area contributed by atoms with Gasteiger partial charge < -0.3 is 19.7 Å². The maximum Gasteiger partial charge on any atom is 0.267 e. The van der Waals surface area contributed by atoms with Crippen LogP contribution in [0.2, 0.25) is 5.02 Å². The lowest BCUT2D eigenvalue weighted by Gasteiger charge is -2.32. The second kappa shape index (κ2) is 11.4. The van der Waals surface area contributed by atoms with Gasteiger partial charge >= 0.3 is 0 Å². The van der Waals surface area contributed by atoms with E-state index in [9.17, 15) is 18.4 Å². The Bertz CT molecular complexity index is 1370. The molecule has 0 saturated carbocycles. The van der Waals surface area contributed by atoms with Crippen LogP contribution >= 0.6 is 11.6 Å². The Morgan fingerprint density at radius 1 is 1.16 bits per heavy atom. The van der Waals surface area contributed by atoms with Crippen molar-refractivity contribution in [3.63, 3.8) is 0 Å². The number of rotatable bonds is 7. The molecule has 1 fully saturated rings.